The number of nitrogens with zero attached hydrogens (tertiary/aromatic N) is 3. The molecule has 0 N–H and O–H groups in total. The van der Waals surface area contributed by atoms with Gasteiger partial charge in [0, 0.05) is 0 Å². The Kier molecular flexibility index (Phi) is 1.53. The van der Waals surface area contributed by atoms with Crippen LogP contribution in [0, 0.1) is 22.3 Å². The maximum atomic E-state index is 12.2. The molecule has 0 aliphatic heterocycles. The second-order valence-electron chi connectivity index (χ2n) is 1.38. The highest BCUT2D eigenvalue weighted by atomic mass is 19.1. The predicted octanol–water partition coefficient (Wildman–Crippen LogP) is 0.324. The number of aromatic nitrogens is 2. The van der Waals surface area contributed by atoms with E-state index < -0.39 is 16.6 Å². The maximum Gasteiger partial charge on any atom is 0.351 e. The highest BCUT2D eigenvalue weighted by Crippen LogP contribution is 2.08. The molecule has 1 heterocycles. The molecule has 0 unspecified atom stereocenters. The van der Waals surface area contributed by atoms with Gasteiger partial charge in [0.05, 0.1) is 4.92 Å². The fourth-order valence-corrected chi connectivity index (χ4v) is 0.393. The molecule has 10 heavy (non-hydrogen) atoms. The van der Waals surface area contributed by atoms with Crippen molar-refractivity contribution < 1.29 is 9.31 Å². The first kappa shape index (κ1) is 6.53. The average Bonchev–Trinajstić information content (AvgIpc) is 1.88. The fraction of sp³-hybridized carbons (Fsp3) is 0. The van der Waals surface area contributed by atoms with Crippen molar-refractivity contribution in [3.63, 3.8) is 0 Å². The molecule has 6 heteroatoms. The van der Waals surface area contributed by atoms with Crippen LogP contribution >= 0.6 is 0 Å². The average molecular weight is 142 g/mol. The minimum atomic E-state index is -1.17. The van der Waals surface area contributed by atoms with Crippen molar-refractivity contribution in [2.24, 2.45) is 0 Å². The third-order valence-corrected chi connectivity index (χ3v) is 0.777. The Balaban J connectivity index is 3.15. The summed E-state index contributed by atoms with van der Waals surface area (Å²) >= 11 is 0. The number of halogens is 1. The molecule has 0 spiro atoms. The molecule has 0 atom stereocenters. The number of hydrogen-bond acceptors (Lipinski definition) is 4. The van der Waals surface area contributed by atoms with Crippen molar-refractivity contribution in [1.82, 2.24) is 9.97 Å². The van der Waals surface area contributed by atoms with Gasteiger partial charge in [-0.05, 0) is 0 Å². The van der Waals surface area contributed by atoms with E-state index in [4.69, 9.17) is 0 Å². The third kappa shape index (κ3) is 1.04. The second kappa shape index (κ2) is 2.34. The quantitative estimate of drug-likeness (QED) is 0.321. The number of nitro groups is 1. The second-order valence-corrected chi connectivity index (χ2v) is 1.38. The van der Waals surface area contributed by atoms with Gasteiger partial charge in [-0.1, -0.05) is 0 Å². The van der Waals surface area contributed by atoms with Crippen LogP contribution in [0.1, 0.15) is 0 Å². The van der Waals surface area contributed by atoms with Crippen molar-refractivity contribution in [3.05, 3.63) is 28.6 Å². The van der Waals surface area contributed by atoms with Crippen molar-refractivity contribution in [2.45, 2.75) is 0 Å². The Morgan fingerprint density at radius 2 is 2.50 bits per heavy atom. The molecule has 1 radical (unpaired) electrons. The van der Waals surface area contributed by atoms with E-state index in [9.17, 15) is 14.5 Å². The standard InChI is InChI=1S/C4HFN3O2/c5-4-3(8(9)10)1-6-2-7-4/h2H. The molecule has 0 aliphatic rings. The molecular formula is C4HFN3O2. The lowest BCUT2D eigenvalue weighted by molar-refractivity contribution is -0.388. The van der Waals surface area contributed by atoms with Crippen molar-refractivity contribution in [2.75, 3.05) is 0 Å². The molecule has 1 rings (SSSR count). The summed E-state index contributed by atoms with van der Waals surface area (Å²) < 4.78 is 12.2. The van der Waals surface area contributed by atoms with E-state index >= 15 is 0 Å². The lowest BCUT2D eigenvalue weighted by Gasteiger charge is -1.87. The Hall–Kier alpha value is -1.59. The monoisotopic (exact) mass is 142 g/mol. The van der Waals surface area contributed by atoms with Gasteiger partial charge in [0.1, 0.15) is 6.33 Å². The maximum absolute atomic E-state index is 12.2. The van der Waals surface area contributed by atoms with Crippen LogP contribution in [-0.2, 0) is 0 Å². The van der Waals surface area contributed by atoms with Gasteiger partial charge in [0.25, 0.3) is 5.95 Å². The summed E-state index contributed by atoms with van der Waals surface area (Å²) in [6.45, 7) is 0. The number of rotatable bonds is 1. The first-order valence-electron chi connectivity index (χ1n) is 2.24. The van der Waals surface area contributed by atoms with E-state index in [0.717, 1.165) is 6.33 Å². The van der Waals surface area contributed by atoms with E-state index in [-0.39, 0.29) is 0 Å². The molecule has 0 aromatic carbocycles. The summed E-state index contributed by atoms with van der Waals surface area (Å²) in [7, 11) is 0. The normalized spacial score (nSPS) is 9.30. The fourth-order valence-electron chi connectivity index (χ4n) is 0.393. The van der Waals surface area contributed by atoms with Gasteiger partial charge in [-0.3, -0.25) is 10.1 Å². The van der Waals surface area contributed by atoms with Crippen LogP contribution in [-0.4, -0.2) is 14.9 Å². The van der Waals surface area contributed by atoms with Crippen LogP contribution in [0.4, 0.5) is 10.1 Å². The van der Waals surface area contributed by atoms with Crippen molar-refractivity contribution >= 4 is 5.69 Å². The molecule has 51 valence electrons. The highest BCUT2D eigenvalue weighted by Gasteiger charge is 2.14. The molecule has 0 fully saturated rings. The zero-order valence-electron chi connectivity index (χ0n) is 4.61. The van der Waals surface area contributed by atoms with Crippen LogP contribution in [0.2, 0.25) is 0 Å². The molecule has 1 aromatic rings. The minimum Gasteiger partial charge on any atom is -0.258 e. The van der Waals surface area contributed by atoms with Gasteiger partial charge in [0.15, 0.2) is 6.20 Å². The lowest BCUT2D eigenvalue weighted by Crippen LogP contribution is -1.95. The van der Waals surface area contributed by atoms with Gasteiger partial charge in [-0.2, -0.15) is 4.39 Å². The van der Waals surface area contributed by atoms with E-state index in [0.29, 0.717) is 0 Å². The summed E-state index contributed by atoms with van der Waals surface area (Å²) in [6.07, 6.45) is 2.70. The molecule has 5 nitrogen and oxygen atoms in total. The van der Waals surface area contributed by atoms with Crippen molar-refractivity contribution in [1.29, 1.82) is 0 Å². The van der Waals surface area contributed by atoms with Crippen LogP contribution in [0.3, 0.4) is 0 Å². The Labute approximate surface area is 54.7 Å². The summed E-state index contributed by atoms with van der Waals surface area (Å²) in [5.74, 6) is -1.17. The van der Waals surface area contributed by atoms with Gasteiger partial charge in [-0.25, -0.2) is 9.97 Å². The Bertz CT molecular complexity index is 264. The van der Waals surface area contributed by atoms with Gasteiger partial charge >= 0.3 is 5.69 Å². The van der Waals surface area contributed by atoms with E-state index in [2.05, 4.69) is 9.97 Å². The summed E-state index contributed by atoms with van der Waals surface area (Å²) in [5, 5.41) is 9.88. The summed E-state index contributed by atoms with van der Waals surface area (Å²) in [6, 6.07) is 0. The minimum absolute atomic E-state index is 0.831. The van der Waals surface area contributed by atoms with E-state index in [1.807, 2.05) is 6.20 Å². The molecule has 0 saturated carbocycles. The topological polar surface area (TPSA) is 68.9 Å². The van der Waals surface area contributed by atoms with Gasteiger partial charge in [0.2, 0.25) is 0 Å². The summed E-state index contributed by atoms with van der Waals surface area (Å²) in [5.41, 5.74) is -0.831. The van der Waals surface area contributed by atoms with Crippen LogP contribution in [0.15, 0.2) is 6.33 Å². The molecule has 0 bridgehead atoms. The van der Waals surface area contributed by atoms with Gasteiger partial charge < -0.3 is 0 Å². The molecule has 0 saturated heterocycles. The molecule has 0 amide bonds. The molecule has 1 aromatic heterocycles. The van der Waals surface area contributed by atoms with Crippen molar-refractivity contribution in [3.8, 4) is 0 Å². The van der Waals surface area contributed by atoms with Crippen LogP contribution in [0.5, 0.6) is 0 Å². The highest BCUT2D eigenvalue weighted by molar-refractivity contribution is 5.19. The predicted molar refractivity (Wildman–Crippen MR) is 27.5 cm³/mol. The van der Waals surface area contributed by atoms with Gasteiger partial charge in [-0.15, -0.1) is 0 Å². The Morgan fingerprint density at radius 3 is 2.90 bits per heavy atom. The third-order valence-electron chi connectivity index (χ3n) is 0.777. The first-order valence-corrected chi connectivity index (χ1v) is 2.24. The lowest BCUT2D eigenvalue weighted by atomic mass is 10.5. The molecule has 0 aliphatic carbocycles. The van der Waals surface area contributed by atoms with E-state index in [1.165, 1.54) is 0 Å². The summed E-state index contributed by atoms with van der Waals surface area (Å²) in [4.78, 5) is 15.0. The zero-order valence-corrected chi connectivity index (χ0v) is 4.61. The number of hydrogen-bond donors (Lipinski definition) is 0. The Morgan fingerprint density at radius 1 is 1.80 bits per heavy atom. The first-order chi connectivity index (χ1) is 4.72. The largest absolute Gasteiger partial charge is 0.351 e. The van der Waals surface area contributed by atoms with Crippen LogP contribution in [0.25, 0.3) is 0 Å². The van der Waals surface area contributed by atoms with Crippen LogP contribution < -0.4 is 0 Å². The smallest absolute Gasteiger partial charge is 0.258 e. The molecular weight excluding hydrogens is 141 g/mol. The SMILES string of the molecule is O=[N+]([O-])c1[c]ncnc1F. The van der Waals surface area contributed by atoms with E-state index in [1.54, 1.807) is 0 Å². The zero-order chi connectivity index (χ0) is 7.56.